The van der Waals surface area contributed by atoms with Gasteiger partial charge in [0.2, 0.25) is 0 Å². The summed E-state index contributed by atoms with van der Waals surface area (Å²) in [4.78, 5) is 32.6. The van der Waals surface area contributed by atoms with Crippen LogP contribution in [0, 0.1) is 20.6 Å². The quantitative estimate of drug-likeness (QED) is 0.357. The highest BCUT2D eigenvalue weighted by Crippen LogP contribution is 2.39. The smallest absolute Gasteiger partial charge is 0.316 e. The van der Waals surface area contributed by atoms with Crippen molar-refractivity contribution in [3.05, 3.63) is 25.3 Å². The van der Waals surface area contributed by atoms with Gasteiger partial charge in [-0.1, -0.05) is 0 Å². The zero-order valence-electron chi connectivity index (χ0n) is 8.48. The van der Waals surface area contributed by atoms with Crippen LogP contribution >= 0.6 is 22.6 Å². The Hall–Kier alpha value is -1.71. The number of nitrogens with one attached hydrogen (secondary N) is 1. The number of nitro groups is 1. The van der Waals surface area contributed by atoms with Crippen molar-refractivity contribution in [2.45, 2.75) is 6.92 Å². The van der Waals surface area contributed by atoms with Gasteiger partial charge in [-0.25, -0.2) is 0 Å². The first-order valence-electron chi connectivity index (χ1n) is 4.46. The van der Waals surface area contributed by atoms with E-state index in [0.717, 1.165) is 0 Å². The second-order valence-electron chi connectivity index (χ2n) is 3.36. The van der Waals surface area contributed by atoms with Crippen LogP contribution in [0.15, 0.2) is 6.07 Å². The third-order valence-electron chi connectivity index (χ3n) is 2.30. The zero-order chi connectivity index (χ0) is 12.7. The molecular formula is C9H5IN3O4. The average molecular weight is 346 g/mol. The highest BCUT2D eigenvalue weighted by molar-refractivity contribution is 14.1. The van der Waals surface area contributed by atoms with Crippen molar-refractivity contribution in [1.82, 2.24) is 5.32 Å². The number of fused-ring (bicyclic) bond motifs is 1. The van der Waals surface area contributed by atoms with E-state index in [2.05, 4.69) is 10.6 Å². The van der Waals surface area contributed by atoms with Crippen LogP contribution in [0.5, 0.6) is 0 Å². The third kappa shape index (κ3) is 1.84. The molecule has 1 aliphatic rings. The average Bonchev–Trinajstić information content (AvgIpc) is 2.23. The summed E-state index contributed by atoms with van der Waals surface area (Å²) in [5.74, 6) is -1.91. The van der Waals surface area contributed by atoms with Gasteiger partial charge in [0, 0.05) is 9.13 Å². The van der Waals surface area contributed by atoms with E-state index in [9.17, 15) is 19.7 Å². The Morgan fingerprint density at radius 1 is 1.47 bits per heavy atom. The number of rotatable bonds is 1. The molecule has 0 atom stereocenters. The van der Waals surface area contributed by atoms with Gasteiger partial charge in [0.15, 0.2) is 5.69 Å². The number of nitrogens with zero attached hydrogens (tertiary/aromatic N) is 2. The van der Waals surface area contributed by atoms with E-state index < -0.39 is 16.7 Å². The maximum Gasteiger partial charge on any atom is 0.336 e. The van der Waals surface area contributed by atoms with Crippen molar-refractivity contribution in [2.75, 3.05) is 5.32 Å². The van der Waals surface area contributed by atoms with E-state index in [-0.39, 0.29) is 17.1 Å². The predicted octanol–water partition coefficient (Wildman–Crippen LogP) is 1.22. The van der Waals surface area contributed by atoms with Crippen molar-refractivity contribution in [1.29, 1.82) is 0 Å². The molecule has 0 aliphatic carbocycles. The second-order valence-corrected chi connectivity index (χ2v) is 4.52. The molecule has 0 fully saturated rings. The molecular weight excluding hydrogens is 341 g/mol. The number of nitro benzene ring substituents is 1. The van der Waals surface area contributed by atoms with Crippen LogP contribution in [0.1, 0.15) is 5.56 Å². The number of carbonyl (C=O) groups excluding carboxylic acids is 2. The van der Waals surface area contributed by atoms with Gasteiger partial charge in [-0.3, -0.25) is 19.7 Å². The van der Waals surface area contributed by atoms with Crippen LogP contribution in [0.25, 0.3) is 0 Å². The standard InChI is InChI=1S/C9H5IN3O4/c1-3-4(10)2-5-6(7(3)13(16)17)12-9(15)8(14)11-5/h2H,1H3,(H,11,14). The summed E-state index contributed by atoms with van der Waals surface area (Å²) in [6, 6.07) is 1.55. The SMILES string of the molecule is Cc1c(I)cc2c(c1[N+](=O)[O-])[N]C(=O)C(=O)N2. The van der Waals surface area contributed by atoms with Crippen LogP contribution in [0.2, 0.25) is 0 Å². The molecule has 2 amide bonds. The van der Waals surface area contributed by atoms with Gasteiger partial charge >= 0.3 is 17.5 Å². The lowest BCUT2D eigenvalue weighted by molar-refractivity contribution is -0.384. The molecule has 0 spiro atoms. The molecule has 0 saturated carbocycles. The molecule has 1 N–H and O–H groups in total. The molecule has 0 unspecified atom stereocenters. The van der Waals surface area contributed by atoms with Crippen molar-refractivity contribution in [2.24, 2.45) is 0 Å². The fourth-order valence-corrected chi connectivity index (χ4v) is 2.05. The topological polar surface area (TPSA) is 103 Å². The summed E-state index contributed by atoms with van der Waals surface area (Å²) in [6.07, 6.45) is 0. The summed E-state index contributed by atoms with van der Waals surface area (Å²) in [6.45, 7) is 1.57. The molecule has 0 aromatic heterocycles. The molecule has 8 heteroatoms. The molecule has 1 heterocycles. The minimum Gasteiger partial charge on any atom is -0.316 e. The van der Waals surface area contributed by atoms with Gasteiger partial charge in [-0.2, -0.15) is 5.32 Å². The number of hydrogen-bond acceptors (Lipinski definition) is 4. The number of amides is 2. The van der Waals surface area contributed by atoms with Gasteiger partial charge in [-0.15, -0.1) is 0 Å². The van der Waals surface area contributed by atoms with Crippen LogP contribution in [-0.2, 0) is 9.59 Å². The largest absolute Gasteiger partial charge is 0.336 e. The van der Waals surface area contributed by atoms with Crippen molar-refractivity contribution < 1.29 is 14.5 Å². The lowest BCUT2D eigenvalue weighted by atomic mass is 10.1. The Kier molecular flexibility index (Phi) is 2.73. The lowest BCUT2D eigenvalue weighted by Gasteiger charge is -2.16. The molecule has 1 aromatic rings. The highest BCUT2D eigenvalue weighted by atomic mass is 127. The zero-order valence-corrected chi connectivity index (χ0v) is 10.6. The first-order valence-corrected chi connectivity index (χ1v) is 5.54. The molecule has 1 aromatic carbocycles. The molecule has 0 saturated heterocycles. The van der Waals surface area contributed by atoms with Crippen LogP contribution in [-0.4, -0.2) is 16.7 Å². The minimum atomic E-state index is -1.03. The Morgan fingerprint density at radius 2 is 2.12 bits per heavy atom. The second kappa shape index (κ2) is 3.95. The number of halogens is 1. The van der Waals surface area contributed by atoms with Gasteiger partial charge in [0.05, 0.1) is 10.6 Å². The minimum absolute atomic E-state index is 0.0856. The van der Waals surface area contributed by atoms with Gasteiger partial charge < -0.3 is 5.32 Å². The highest BCUT2D eigenvalue weighted by Gasteiger charge is 2.33. The fourth-order valence-electron chi connectivity index (χ4n) is 1.48. The van der Waals surface area contributed by atoms with Crippen molar-refractivity contribution in [3.63, 3.8) is 0 Å². The van der Waals surface area contributed by atoms with E-state index in [1.165, 1.54) is 0 Å². The molecule has 0 bridgehead atoms. The first kappa shape index (κ1) is 11.8. The van der Waals surface area contributed by atoms with Gasteiger partial charge in [-0.05, 0) is 35.6 Å². The predicted molar refractivity (Wildman–Crippen MR) is 66.0 cm³/mol. The normalized spacial score (nSPS) is 13.8. The molecule has 1 aliphatic heterocycles. The van der Waals surface area contributed by atoms with E-state index in [4.69, 9.17) is 0 Å². The molecule has 2 rings (SSSR count). The maximum absolute atomic E-state index is 11.1. The van der Waals surface area contributed by atoms with E-state index in [1.807, 2.05) is 22.6 Å². The third-order valence-corrected chi connectivity index (χ3v) is 3.42. The summed E-state index contributed by atoms with van der Waals surface area (Å²) < 4.78 is 0.623. The number of benzene rings is 1. The summed E-state index contributed by atoms with van der Waals surface area (Å²) in [5.41, 5.74) is 0.274. The fraction of sp³-hybridized carbons (Fsp3) is 0.111. The van der Waals surface area contributed by atoms with E-state index in [0.29, 0.717) is 9.13 Å². The molecule has 87 valence electrons. The monoisotopic (exact) mass is 346 g/mol. The summed E-state index contributed by atoms with van der Waals surface area (Å²) >= 11 is 1.92. The molecule has 1 radical (unpaired) electrons. The van der Waals surface area contributed by atoms with Gasteiger partial charge in [0.1, 0.15) is 0 Å². The van der Waals surface area contributed by atoms with Crippen molar-refractivity contribution >= 4 is 51.5 Å². The van der Waals surface area contributed by atoms with Crippen LogP contribution in [0.4, 0.5) is 17.1 Å². The molecule has 7 nitrogen and oxygen atoms in total. The van der Waals surface area contributed by atoms with E-state index >= 15 is 0 Å². The van der Waals surface area contributed by atoms with E-state index in [1.54, 1.807) is 13.0 Å². The Morgan fingerprint density at radius 3 is 2.71 bits per heavy atom. The van der Waals surface area contributed by atoms with Crippen LogP contribution < -0.4 is 10.6 Å². The molecule has 17 heavy (non-hydrogen) atoms. The Balaban J connectivity index is 2.72. The maximum atomic E-state index is 11.1. The first-order chi connectivity index (χ1) is 7.91. The lowest BCUT2D eigenvalue weighted by Crippen LogP contribution is -2.33. The number of carbonyl (C=O) groups is 2. The van der Waals surface area contributed by atoms with Crippen molar-refractivity contribution in [3.8, 4) is 0 Å². The summed E-state index contributed by atoms with van der Waals surface area (Å²) in [5, 5.41) is 16.7. The summed E-state index contributed by atoms with van der Waals surface area (Å²) in [7, 11) is 0. The Bertz CT molecular complexity index is 570. The Labute approximate surface area is 109 Å². The van der Waals surface area contributed by atoms with Gasteiger partial charge in [0.25, 0.3) is 0 Å². The van der Waals surface area contributed by atoms with Crippen LogP contribution in [0.3, 0.4) is 0 Å². The number of anilines is 1. The number of hydrogen-bond donors (Lipinski definition) is 1.